The third kappa shape index (κ3) is 8.28. The van der Waals surface area contributed by atoms with Gasteiger partial charge in [0.25, 0.3) is 5.91 Å². The van der Waals surface area contributed by atoms with E-state index in [0.29, 0.717) is 23.4 Å². The van der Waals surface area contributed by atoms with Crippen LogP contribution < -0.4 is 5.32 Å². The number of benzene rings is 2. The molecule has 0 spiro atoms. The van der Waals surface area contributed by atoms with Crippen LogP contribution in [0.25, 0.3) is 0 Å². The fraction of sp³-hybridized carbons (Fsp3) is 0.485. The minimum atomic E-state index is -0.454. The number of unbranched alkanes of at least 4 members (excludes halogenated alkanes) is 4. The number of rotatable bonds is 14. The molecular weight excluding hydrogens is 504 g/mol. The standard InChI is InChI=1S/C33H44N2O5/c1-6-21-39-31(38)24-12-15-26(16-13-24)34-30(37)29(35-40-22-11-9-7-8-10-20-36)25-14-17-27-28(23-25)33(4,5)19-18-32(27,2)3/h6,12-17,23,36H,1,7-11,18-22H2,2-5H3,(H,34,37). The van der Waals surface area contributed by atoms with Crippen molar-refractivity contribution in [2.45, 2.75) is 83.5 Å². The second kappa shape index (κ2) is 14.3. The fourth-order valence-corrected chi connectivity index (χ4v) is 4.98. The number of anilines is 1. The predicted octanol–water partition coefficient (Wildman–Crippen LogP) is 6.68. The maximum atomic E-state index is 13.5. The first-order valence-corrected chi connectivity index (χ1v) is 14.2. The number of hydrogen-bond acceptors (Lipinski definition) is 6. The number of aliphatic hydroxyl groups excluding tert-OH is 1. The van der Waals surface area contributed by atoms with Crippen LogP contribution in [0.4, 0.5) is 5.69 Å². The van der Waals surface area contributed by atoms with Gasteiger partial charge in [0.1, 0.15) is 13.2 Å². The molecule has 40 heavy (non-hydrogen) atoms. The van der Waals surface area contributed by atoms with Gasteiger partial charge in [0, 0.05) is 17.9 Å². The first-order valence-electron chi connectivity index (χ1n) is 14.2. The molecule has 0 radical (unpaired) electrons. The molecule has 0 aliphatic heterocycles. The number of carbonyl (C=O) groups excluding carboxylic acids is 2. The maximum Gasteiger partial charge on any atom is 0.338 e. The Morgan fingerprint density at radius 3 is 2.23 bits per heavy atom. The highest BCUT2D eigenvalue weighted by Crippen LogP contribution is 2.46. The molecule has 1 aliphatic rings. The summed E-state index contributed by atoms with van der Waals surface area (Å²) >= 11 is 0. The van der Waals surface area contributed by atoms with E-state index in [1.807, 2.05) is 6.07 Å². The molecule has 2 aromatic carbocycles. The van der Waals surface area contributed by atoms with Crippen molar-refractivity contribution in [3.63, 3.8) is 0 Å². The van der Waals surface area contributed by atoms with Crippen molar-refractivity contribution in [1.82, 2.24) is 0 Å². The molecule has 0 heterocycles. The van der Waals surface area contributed by atoms with Crippen molar-refractivity contribution >= 4 is 23.3 Å². The molecule has 7 nitrogen and oxygen atoms in total. The van der Waals surface area contributed by atoms with Crippen molar-refractivity contribution in [2.75, 3.05) is 25.1 Å². The fourth-order valence-electron chi connectivity index (χ4n) is 4.98. The van der Waals surface area contributed by atoms with Gasteiger partial charge in [-0.25, -0.2) is 4.79 Å². The Bertz CT molecular complexity index is 1200. The van der Waals surface area contributed by atoms with Gasteiger partial charge in [-0.2, -0.15) is 0 Å². The molecule has 1 aliphatic carbocycles. The van der Waals surface area contributed by atoms with Crippen LogP contribution in [0.15, 0.2) is 60.3 Å². The molecule has 0 aromatic heterocycles. The number of amides is 1. The Morgan fingerprint density at radius 1 is 0.925 bits per heavy atom. The van der Waals surface area contributed by atoms with Gasteiger partial charge in [0.2, 0.25) is 0 Å². The molecule has 2 N–H and O–H groups in total. The number of oxime groups is 1. The summed E-state index contributed by atoms with van der Waals surface area (Å²) in [6.45, 7) is 13.3. The predicted molar refractivity (Wildman–Crippen MR) is 160 cm³/mol. The minimum absolute atomic E-state index is 0.0199. The van der Waals surface area contributed by atoms with E-state index < -0.39 is 11.9 Å². The Balaban J connectivity index is 1.82. The highest BCUT2D eigenvalue weighted by atomic mass is 16.6. The Hall–Kier alpha value is -3.45. The largest absolute Gasteiger partial charge is 0.458 e. The van der Waals surface area contributed by atoms with Gasteiger partial charge in [-0.05, 0) is 84.4 Å². The molecule has 216 valence electrons. The summed E-state index contributed by atoms with van der Waals surface area (Å²) in [6, 6.07) is 12.7. The van der Waals surface area contributed by atoms with E-state index in [9.17, 15) is 9.59 Å². The molecular formula is C33H44N2O5. The third-order valence-electron chi connectivity index (χ3n) is 7.60. The quantitative estimate of drug-likeness (QED) is 0.0902. The molecule has 7 heteroatoms. The maximum absolute atomic E-state index is 13.5. The van der Waals surface area contributed by atoms with E-state index >= 15 is 0 Å². The number of carbonyl (C=O) groups is 2. The number of nitrogens with zero attached hydrogens (tertiary/aromatic N) is 1. The van der Waals surface area contributed by atoms with Crippen LogP contribution >= 0.6 is 0 Å². The van der Waals surface area contributed by atoms with Crippen molar-refractivity contribution < 1.29 is 24.3 Å². The molecule has 0 saturated heterocycles. The van der Waals surface area contributed by atoms with Crippen molar-refractivity contribution in [3.05, 3.63) is 77.4 Å². The van der Waals surface area contributed by atoms with Gasteiger partial charge < -0.3 is 20.0 Å². The summed E-state index contributed by atoms with van der Waals surface area (Å²) in [5, 5.41) is 16.2. The first-order chi connectivity index (χ1) is 19.1. The number of aliphatic hydroxyl groups is 1. The number of esters is 1. The van der Waals surface area contributed by atoms with E-state index in [4.69, 9.17) is 14.7 Å². The van der Waals surface area contributed by atoms with Gasteiger partial charge in [0.05, 0.1) is 5.56 Å². The third-order valence-corrected chi connectivity index (χ3v) is 7.60. The first kappa shape index (κ1) is 31.1. The van der Waals surface area contributed by atoms with E-state index in [1.54, 1.807) is 24.3 Å². The molecule has 0 bridgehead atoms. The number of fused-ring (bicyclic) bond motifs is 1. The SMILES string of the molecule is C=CCOC(=O)c1ccc(NC(=O)C(=NOCCCCCCCO)c2ccc3c(c2)C(C)(C)CCC3(C)C)cc1. The normalized spacial score (nSPS) is 15.6. The topological polar surface area (TPSA) is 97.2 Å². The van der Waals surface area contributed by atoms with Crippen LogP contribution in [0.3, 0.4) is 0 Å². The highest BCUT2D eigenvalue weighted by molar-refractivity contribution is 6.48. The van der Waals surface area contributed by atoms with E-state index in [0.717, 1.165) is 44.9 Å². The lowest BCUT2D eigenvalue weighted by Crippen LogP contribution is -2.34. The van der Waals surface area contributed by atoms with Crippen molar-refractivity contribution in [3.8, 4) is 0 Å². The second-order valence-corrected chi connectivity index (χ2v) is 11.7. The van der Waals surface area contributed by atoms with Crippen LogP contribution in [0, 0.1) is 0 Å². The van der Waals surface area contributed by atoms with Gasteiger partial charge >= 0.3 is 5.97 Å². The average Bonchev–Trinajstić information content (AvgIpc) is 2.93. The Labute approximate surface area is 238 Å². The zero-order valence-electron chi connectivity index (χ0n) is 24.4. The smallest absolute Gasteiger partial charge is 0.338 e. The van der Waals surface area contributed by atoms with Gasteiger partial charge in [0.15, 0.2) is 5.71 Å². The summed E-state index contributed by atoms with van der Waals surface area (Å²) in [6.07, 6.45) is 8.28. The van der Waals surface area contributed by atoms with E-state index in [-0.39, 0.29) is 29.8 Å². The molecule has 0 fully saturated rings. The van der Waals surface area contributed by atoms with Gasteiger partial charge in [-0.1, -0.05) is 70.5 Å². The summed E-state index contributed by atoms with van der Waals surface area (Å²) in [5.41, 5.74) is 4.39. The summed E-state index contributed by atoms with van der Waals surface area (Å²) in [7, 11) is 0. The van der Waals surface area contributed by atoms with Crippen LogP contribution in [-0.4, -0.2) is 42.5 Å². The Kier molecular flexibility index (Phi) is 11.1. The second-order valence-electron chi connectivity index (χ2n) is 11.7. The number of ether oxygens (including phenoxy) is 1. The highest BCUT2D eigenvalue weighted by Gasteiger charge is 2.37. The van der Waals surface area contributed by atoms with E-state index in [2.05, 4.69) is 56.9 Å². The van der Waals surface area contributed by atoms with Crippen LogP contribution in [0.2, 0.25) is 0 Å². The lowest BCUT2D eigenvalue weighted by atomic mass is 9.63. The summed E-state index contributed by atoms with van der Waals surface area (Å²) < 4.78 is 5.07. The molecule has 0 atom stereocenters. The number of hydrogen-bond donors (Lipinski definition) is 2. The molecule has 0 saturated carbocycles. The van der Waals surface area contributed by atoms with Gasteiger partial charge in [-0.3, -0.25) is 4.79 Å². The van der Waals surface area contributed by atoms with E-state index in [1.165, 1.54) is 17.2 Å². The lowest BCUT2D eigenvalue weighted by molar-refractivity contribution is -0.110. The summed E-state index contributed by atoms with van der Waals surface area (Å²) in [5.74, 6) is -0.845. The minimum Gasteiger partial charge on any atom is -0.458 e. The van der Waals surface area contributed by atoms with Crippen LogP contribution in [0.5, 0.6) is 0 Å². The zero-order chi connectivity index (χ0) is 29.2. The van der Waals surface area contributed by atoms with Crippen molar-refractivity contribution in [2.24, 2.45) is 5.16 Å². The lowest BCUT2D eigenvalue weighted by Gasteiger charge is -2.42. The Morgan fingerprint density at radius 2 is 1.55 bits per heavy atom. The average molecular weight is 549 g/mol. The number of nitrogens with one attached hydrogen (secondary N) is 1. The molecule has 0 unspecified atom stereocenters. The monoisotopic (exact) mass is 548 g/mol. The van der Waals surface area contributed by atoms with Crippen LogP contribution in [-0.2, 0) is 25.2 Å². The molecule has 1 amide bonds. The zero-order valence-corrected chi connectivity index (χ0v) is 24.4. The van der Waals surface area contributed by atoms with Crippen molar-refractivity contribution in [1.29, 1.82) is 0 Å². The van der Waals surface area contributed by atoms with Crippen LogP contribution in [0.1, 0.15) is 99.7 Å². The summed E-state index contributed by atoms with van der Waals surface area (Å²) in [4.78, 5) is 31.3. The molecule has 2 aromatic rings. The molecule has 3 rings (SSSR count). The van der Waals surface area contributed by atoms with Gasteiger partial charge in [-0.15, -0.1) is 0 Å².